The summed E-state index contributed by atoms with van der Waals surface area (Å²) in [6.07, 6.45) is -5.42. The lowest BCUT2D eigenvalue weighted by molar-refractivity contribution is -0.286. The van der Waals surface area contributed by atoms with Gasteiger partial charge < -0.3 is 0 Å². The number of nitrogens with zero attached hydrogens (tertiary/aromatic N) is 1. The highest BCUT2D eigenvalue weighted by Crippen LogP contribution is 2.36. The van der Waals surface area contributed by atoms with Crippen molar-refractivity contribution in [3.05, 3.63) is 0 Å². The molecule has 0 atom stereocenters. The Morgan fingerprint density at radius 2 is 1.53 bits per heavy atom. The fraction of sp³-hybridized carbons (Fsp3) is 0.875. The number of Topliss-reactive ketones (excluding diaryl/α,β-unsaturated/α-hetero) is 1. The van der Waals surface area contributed by atoms with E-state index in [0.717, 1.165) is 4.90 Å². The molecule has 0 radical (unpaired) electrons. The van der Waals surface area contributed by atoms with Crippen LogP contribution in [0.3, 0.4) is 0 Å². The lowest BCUT2D eigenvalue weighted by Gasteiger charge is -2.30. The van der Waals surface area contributed by atoms with Crippen LogP contribution in [0.1, 0.15) is 12.8 Å². The summed E-state index contributed by atoms with van der Waals surface area (Å²) >= 11 is 0. The molecule has 1 saturated heterocycles. The minimum absolute atomic E-state index is 0.0233. The van der Waals surface area contributed by atoms with Crippen molar-refractivity contribution in [3.8, 4) is 0 Å². The summed E-state index contributed by atoms with van der Waals surface area (Å²) in [6.45, 7) is -1.40. The number of halogens is 5. The Bertz CT molecular complexity index is 240. The minimum Gasteiger partial charge on any atom is -0.300 e. The van der Waals surface area contributed by atoms with Gasteiger partial charge in [-0.25, -0.2) is 0 Å². The van der Waals surface area contributed by atoms with E-state index >= 15 is 0 Å². The van der Waals surface area contributed by atoms with Gasteiger partial charge in [-0.15, -0.1) is 0 Å². The Balaban J connectivity index is 2.51. The molecule has 1 heterocycles. The van der Waals surface area contributed by atoms with Gasteiger partial charge in [-0.3, -0.25) is 9.69 Å². The topological polar surface area (TPSA) is 20.3 Å². The van der Waals surface area contributed by atoms with E-state index in [-0.39, 0.29) is 31.7 Å². The number of carbonyl (C=O) groups excluding carboxylic acids is 1. The van der Waals surface area contributed by atoms with Gasteiger partial charge >= 0.3 is 12.1 Å². The quantitative estimate of drug-likeness (QED) is 0.676. The molecule has 2 nitrogen and oxygen atoms in total. The second kappa shape index (κ2) is 4.03. The van der Waals surface area contributed by atoms with Gasteiger partial charge in [0, 0.05) is 25.9 Å². The van der Waals surface area contributed by atoms with Gasteiger partial charge in [0.05, 0.1) is 6.54 Å². The maximum atomic E-state index is 12.6. The minimum atomic E-state index is -5.52. The Labute approximate surface area is 83.0 Å². The van der Waals surface area contributed by atoms with Crippen molar-refractivity contribution in [2.24, 2.45) is 0 Å². The lowest BCUT2D eigenvalue weighted by atomic mass is 10.1. The Morgan fingerprint density at radius 3 is 1.93 bits per heavy atom. The van der Waals surface area contributed by atoms with Crippen LogP contribution < -0.4 is 0 Å². The van der Waals surface area contributed by atoms with Crippen molar-refractivity contribution >= 4 is 5.78 Å². The first-order valence-electron chi connectivity index (χ1n) is 4.41. The zero-order chi connectivity index (χ0) is 11.7. The summed E-state index contributed by atoms with van der Waals surface area (Å²) < 4.78 is 60.6. The Hall–Kier alpha value is -0.720. The number of rotatable bonds is 2. The molecule has 1 aliphatic heterocycles. The molecule has 0 aromatic carbocycles. The molecule has 0 bridgehead atoms. The van der Waals surface area contributed by atoms with E-state index in [1.807, 2.05) is 0 Å². The lowest BCUT2D eigenvalue weighted by Crippen LogP contribution is -2.49. The van der Waals surface area contributed by atoms with E-state index in [9.17, 15) is 26.7 Å². The number of carbonyl (C=O) groups is 1. The van der Waals surface area contributed by atoms with E-state index in [2.05, 4.69) is 0 Å². The Kier molecular flexibility index (Phi) is 3.32. The van der Waals surface area contributed by atoms with Crippen LogP contribution in [-0.4, -0.2) is 42.4 Å². The first-order chi connectivity index (χ1) is 6.72. The number of piperidine rings is 1. The predicted molar refractivity (Wildman–Crippen MR) is 41.7 cm³/mol. The normalized spacial score (nSPS) is 20.7. The van der Waals surface area contributed by atoms with Crippen molar-refractivity contribution in [3.63, 3.8) is 0 Å². The summed E-state index contributed by atoms with van der Waals surface area (Å²) in [5, 5.41) is 0. The molecule has 0 aliphatic carbocycles. The van der Waals surface area contributed by atoms with Gasteiger partial charge in [-0.1, -0.05) is 0 Å². The fourth-order valence-electron chi connectivity index (χ4n) is 1.33. The molecule has 0 spiro atoms. The second-order valence-electron chi connectivity index (χ2n) is 3.52. The van der Waals surface area contributed by atoms with Crippen LogP contribution in [0.25, 0.3) is 0 Å². The number of alkyl halides is 5. The average Bonchev–Trinajstić information content (AvgIpc) is 2.06. The highest BCUT2D eigenvalue weighted by molar-refractivity contribution is 5.79. The van der Waals surface area contributed by atoms with E-state index in [0.29, 0.717) is 0 Å². The van der Waals surface area contributed by atoms with Crippen molar-refractivity contribution < 1.29 is 26.7 Å². The monoisotopic (exact) mass is 231 g/mol. The maximum Gasteiger partial charge on any atom is 0.454 e. The molecule has 0 amide bonds. The molecule has 1 rings (SSSR count). The zero-order valence-corrected chi connectivity index (χ0v) is 7.78. The first-order valence-corrected chi connectivity index (χ1v) is 4.41. The van der Waals surface area contributed by atoms with Crippen LogP contribution >= 0.6 is 0 Å². The molecular formula is C8H10F5NO. The molecule has 15 heavy (non-hydrogen) atoms. The maximum absolute atomic E-state index is 12.6. The van der Waals surface area contributed by atoms with E-state index in [1.165, 1.54) is 0 Å². The number of hydrogen-bond donors (Lipinski definition) is 0. The summed E-state index contributed by atoms with van der Waals surface area (Å²) in [5.41, 5.74) is 0. The summed E-state index contributed by atoms with van der Waals surface area (Å²) in [7, 11) is 0. The van der Waals surface area contributed by atoms with Crippen LogP contribution in [0.5, 0.6) is 0 Å². The molecule has 0 N–H and O–H groups in total. The van der Waals surface area contributed by atoms with Crippen LogP contribution in [0, 0.1) is 0 Å². The third-order valence-corrected chi connectivity index (χ3v) is 2.25. The molecule has 0 saturated carbocycles. The number of likely N-dealkylation sites (tertiary alicyclic amines) is 1. The Morgan fingerprint density at radius 1 is 1.07 bits per heavy atom. The molecule has 0 aromatic rings. The van der Waals surface area contributed by atoms with Gasteiger partial charge in [0.1, 0.15) is 5.78 Å². The molecule has 1 fully saturated rings. The summed E-state index contributed by atoms with van der Waals surface area (Å²) in [4.78, 5) is 11.7. The SMILES string of the molecule is O=C1CCN(CC(F)(F)C(F)(F)F)CC1. The third-order valence-electron chi connectivity index (χ3n) is 2.25. The fourth-order valence-corrected chi connectivity index (χ4v) is 1.33. The number of hydrogen-bond acceptors (Lipinski definition) is 2. The van der Waals surface area contributed by atoms with Gasteiger partial charge in [-0.2, -0.15) is 22.0 Å². The smallest absolute Gasteiger partial charge is 0.300 e. The average molecular weight is 231 g/mol. The van der Waals surface area contributed by atoms with Crippen LogP contribution in [0.2, 0.25) is 0 Å². The van der Waals surface area contributed by atoms with Crippen molar-refractivity contribution in [2.75, 3.05) is 19.6 Å². The summed E-state index contributed by atoms with van der Waals surface area (Å²) in [6, 6.07) is 0. The predicted octanol–water partition coefficient (Wildman–Crippen LogP) is 1.85. The van der Waals surface area contributed by atoms with Crippen LogP contribution in [0.4, 0.5) is 22.0 Å². The van der Waals surface area contributed by atoms with E-state index in [1.54, 1.807) is 0 Å². The highest BCUT2D eigenvalue weighted by atomic mass is 19.4. The largest absolute Gasteiger partial charge is 0.454 e. The molecule has 1 aliphatic rings. The first kappa shape index (κ1) is 12.4. The molecule has 7 heteroatoms. The standard InChI is InChI=1S/C8H10F5NO/c9-7(10,8(11,12)13)5-14-3-1-6(15)2-4-14/h1-5H2. The molecular weight excluding hydrogens is 221 g/mol. The summed E-state index contributed by atoms with van der Waals surface area (Å²) in [5.74, 6) is -4.80. The van der Waals surface area contributed by atoms with Gasteiger partial charge in [0.25, 0.3) is 0 Å². The molecule has 0 aromatic heterocycles. The van der Waals surface area contributed by atoms with Gasteiger partial charge in [0.2, 0.25) is 0 Å². The zero-order valence-electron chi connectivity index (χ0n) is 7.78. The molecule has 88 valence electrons. The van der Waals surface area contributed by atoms with Crippen molar-refractivity contribution in [2.45, 2.75) is 24.9 Å². The molecule has 0 unspecified atom stereocenters. The highest BCUT2D eigenvalue weighted by Gasteiger charge is 2.58. The van der Waals surface area contributed by atoms with Crippen molar-refractivity contribution in [1.29, 1.82) is 0 Å². The van der Waals surface area contributed by atoms with Gasteiger partial charge in [0.15, 0.2) is 0 Å². The number of ketones is 1. The van der Waals surface area contributed by atoms with Crippen molar-refractivity contribution in [1.82, 2.24) is 4.90 Å². The second-order valence-corrected chi connectivity index (χ2v) is 3.52. The third kappa shape index (κ3) is 3.12. The van der Waals surface area contributed by atoms with Crippen LogP contribution in [0.15, 0.2) is 0 Å². The van der Waals surface area contributed by atoms with E-state index in [4.69, 9.17) is 0 Å². The van der Waals surface area contributed by atoms with Gasteiger partial charge in [-0.05, 0) is 0 Å². The van der Waals surface area contributed by atoms with Crippen LogP contribution in [-0.2, 0) is 4.79 Å². The van der Waals surface area contributed by atoms with E-state index < -0.39 is 18.6 Å².